The summed E-state index contributed by atoms with van der Waals surface area (Å²) in [5, 5.41) is 10.9. The summed E-state index contributed by atoms with van der Waals surface area (Å²) in [4.78, 5) is 5.32. The third-order valence-electron chi connectivity index (χ3n) is 3.54. The molecule has 1 aromatic carbocycles. The SMILES string of the molecule is CN=C(NCCCSc1ccc(F)cc1)NCCCn1cc(C)cn1.I. The minimum atomic E-state index is -0.191. The number of benzene rings is 1. The van der Waals surface area contributed by atoms with Crippen LogP contribution in [0.5, 0.6) is 0 Å². The van der Waals surface area contributed by atoms with E-state index in [1.807, 2.05) is 36.1 Å². The van der Waals surface area contributed by atoms with Crippen molar-refractivity contribution in [3.05, 3.63) is 48.0 Å². The summed E-state index contributed by atoms with van der Waals surface area (Å²) < 4.78 is 14.8. The first-order valence-corrected chi connectivity index (χ1v) is 9.48. The predicted octanol–water partition coefficient (Wildman–Crippen LogP) is 3.69. The van der Waals surface area contributed by atoms with Crippen LogP contribution in [0, 0.1) is 12.7 Å². The molecule has 0 aliphatic rings. The monoisotopic (exact) mass is 491 g/mol. The van der Waals surface area contributed by atoms with Crippen LogP contribution in [-0.4, -0.2) is 41.6 Å². The van der Waals surface area contributed by atoms with Crippen molar-refractivity contribution in [1.82, 2.24) is 20.4 Å². The van der Waals surface area contributed by atoms with Crippen molar-refractivity contribution in [3.8, 4) is 0 Å². The van der Waals surface area contributed by atoms with Gasteiger partial charge in [-0.15, -0.1) is 35.7 Å². The predicted molar refractivity (Wildman–Crippen MR) is 118 cm³/mol. The van der Waals surface area contributed by atoms with Crippen LogP contribution in [0.3, 0.4) is 0 Å². The van der Waals surface area contributed by atoms with E-state index in [2.05, 4.69) is 20.7 Å². The van der Waals surface area contributed by atoms with Crippen LogP contribution in [0.4, 0.5) is 4.39 Å². The third-order valence-corrected chi connectivity index (χ3v) is 4.64. The first-order valence-electron chi connectivity index (χ1n) is 8.49. The number of nitrogens with one attached hydrogen (secondary N) is 2. The molecule has 8 heteroatoms. The average molecular weight is 491 g/mol. The van der Waals surface area contributed by atoms with Crippen molar-refractivity contribution in [2.24, 2.45) is 4.99 Å². The van der Waals surface area contributed by atoms with E-state index in [1.165, 1.54) is 17.7 Å². The van der Waals surface area contributed by atoms with E-state index in [9.17, 15) is 4.39 Å². The van der Waals surface area contributed by atoms with Gasteiger partial charge in [-0.05, 0) is 55.3 Å². The summed E-state index contributed by atoms with van der Waals surface area (Å²) in [5.41, 5.74) is 1.18. The fraction of sp³-hybridized carbons (Fsp3) is 0.444. The molecule has 0 unspecified atom stereocenters. The minimum absolute atomic E-state index is 0. The summed E-state index contributed by atoms with van der Waals surface area (Å²) in [6, 6.07) is 6.62. The Morgan fingerprint density at radius 2 is 1.88 bits per heavy atom. The molecule has 5 nitrogen and oxygen atoms in total. The topological polar surface area (TPSA) is 54.2 Å². The lowest BCUT2D eigenvalue weighted by molar-refractivity contribution is 0.570. The number of thioether (sulfide) groups is 1. The smallest absolute Gasteiger partial charge is 0.190 e. The largest absolute Gasteiger partial charge is 0.356 e. The van der Waals surface area contributed by atoms with Gasteiger partial charge in [0.1, 0.15) is 5.82 Å². The maximum Gasteiger partial charge on any atom is 0.190 e. The molecule has 0 saturated carbocycles. The molecule has 0 aliphatic heterocycles. The summed E-state index contributed by atoms with van der Waals surface area (Å²) in [7, 11) is 1.78. The van der Waals surface area contributed by atoms with Gasteiger partial charge in [-0.2, -0.15) is 5.10 Å². The Labute approximate surface area is 176 Å². The quantitative estimate of drug-likeness (QED) is 0.185. The van der Waals surface area contributed by atoms with Gasteiger partial charge < -0.3 is 10.6 Å². The number of guanidine groups is 1. The Hall–Kier alpha value is -1.29. The van der Waals surface area contributed by atoms with Gasteiger partial charge >= 0.3 is 0 Å². The van der Waals surface area contributed by atoms with Crippen molar-refractivity contribution >= 4 is 41.7 Å². The zero-order valence-corrected chi connectivity index (χ0v) is 18.4. The van der Waals surface area contributed by atoms with Gasteiger partial charge in [-0.25, -0.2) is 4.39 Å². The van der Waals surface area contributed by atoms with Crippen LogP contribution in [0.1, 0.15) is 18.4 Å². The van der Waals surface area contributed by atoms with Gasteiger partial charge in [0, 0.05) is 37.8 Å². The Morgan fingerprint density at radius 1 is 1.19 bits per heavy atom. The average Bonchev–Trinajstić information content (AvgIpc) is 3.03. The molecular weight excluding hydrogens is 464 g/mol. The summed E-state index contributed by atoms with van der Waals surface area (Å²) in [5.74, 6) is 1.61. The zero-order chi connectivity index (χ0) is 17.9. The van der Waals surface area contributed by atoms with Crippen LogP contribution < -0.4 is 10.6 Å². The first kappa shape index (κ1) is 22.8. The molecule has 0 radical (unpaired) electrons. The van der Waals surface area contributed by atoms with Crippen molar-refractivity contribution in [1.29, 1.82) is 0 Å². The molecule has 0 aliphatic carbocycles. The van der Waals surface area contributed by atoms with Crippen molar-refractivity contribution in [2.45, 2.75) is 31.2 Å². The molecule has 2 rings (SSSR count). The number of aryl methyl sites for hydroxylation is 2. The Kier molecular flexibility index (Phi) is 11.3. The van der Waals surface area contributed by atoms with Crippen LogP contribution in [0.2, 0.25) is 0 Å². The number of aromatic nitrogens is 2. The van der Waals surface area contributed by atoms with Gasteiger partial charge in [-0.1, -0.05) is 0 Å². The fourth-order valence-electron chi connectivity index (χ4n) is 2.26. The molecule has 2 aromatic rings. The van der Waals surface area contributed by atoms with Crippen molar-refractivity contribution < 1.29 is 4.39 Å². The summed E-state index contributed by atoms with van der Waals surface area (Å²) in [6.45, 7) is 4.64. The van der Waals surface area contributed by atoms with Gasteiger partial charge in [0.15, 0.2) is 5.96 Å². The fourth-order valence-corrected chi connectivity index (χ4v) is 3.11. The van der Waals surface area contributed by atoms with E-state index in [1.54, 1.807) is 18.8 Å². The molecule has 0 bridgehead atoms. The Bertz CT molecular complexity index is 660. The number of hydrogen-bond acceptors (Lipinski definition) is 3. The van der Waals surface area contributed by atoms with Crippen LogP contribution in [0.25, 0.3) is 0 Å². The Balaban J connectivity index is 0.00000338. The maximum absolute atomic E-state index is 12.8. The van der Waals surface area contributed by atoms with Gasteiger partial charge in [-0.3, -0.25) is 9.67 Å². The van der Waals surface area contributed by atoms with Gasteiger partial charge in [0.05, 0.1) is 6.20 Å². The normalized spacial score (nSPS) is 11.1. The highest BCUT2D eigenvalue weighted by Crippen LogP contribution is 2.18. The van der Waals surface area contributed by atoms with E-state index in [4.69, 9.17) is 0 Å². The Morgan fingerprint density at radius 3 is 2.50 bits per heavy atom. The van der Waals surface area contributed by atoms with Crippen LogP contribution in [0.15, 0.2) is 46.5 Å². The van der Waals surface area contributed by atoms with Crippen molar-refractivity contribution in [3.63, 3.8) is 0 Å². The highest BCUT2D eigenvalue weighted by molar-refractivity contribution is 14.0. The van der Waals surface area contributed by atoms with E-state index in [0.717, 1.165) is 49.1 Å². The molecule has 1 aromatic heterocycles. The molecule has 2 N–H and O–H groups in total. The molecule has 0 fully saturated rings. The highest BCUT2D eigenvalue weighted by atomic mass is 127. The highest BCUT2D eigenvalue weighted by Gasteiger charge is 1.99. The molecule has 0 saturated heterocycles. The summed E-state index contributed by atoms with van der Waals surface area (Å²) in [6.07, 6.45) is 5.92. The lowest BCUT2D eigenvalue weighted by Gasteiger charge is -2.11. The maximum atomic E-state index is 12.8. The van der Waals surface area contributed by atoms with E-state index < -0.39 is 0 Å². The lowest BCUT2D eigenvalue weighted by Crippen LogP contribution is -2.38. The number of rotatable bonds is 9. The lowest BCUT2D eigenvalue weighted by atomic mass is 10.4. The molecule has 0 spiro atoms. The second kappa shape index (κ2) is 13.0. The van der Waals surface area contributed by atoms with E-state index in [0.29, 0.717) is 0 Å². The summed E-state index contributed by atoms with van der Waals surface area (Å²) >= 11 is 1.73. The third kappa shape index (κ3) is 8.88. The molecule has 0 atom stereocenters. The van der Waals surface area contributed by atoms with Gasteiger partial charge in [0.25, 0.3) is 0 Å². The molecule has 1 heterocycles. The van der Waals surface area contributed by atoms with E-state index in [-0.39, 0.29) is 29.8 Å². The number of nitrogens with zero attached hydrogens (tertiary/aromatic N) is 3. The van der Waals surface area contributed by atoms with E-state index >= 15 is 0 Å². The van der Waals surface area contributed by atoms with Crippen LogP contribution in [-0.2, 0) is 6.54 Å². The molecule has 144 valence electrons. The van der Waals surface area contributed by atoms with Gasteiger partial charge in [0.2, 0.25) is 0 Å². The van der Waals surface area contributed by atoms with Crippen LogP contribution >= 0.6 is 35.7 Å². The number of aliphatic imine (C=N–C) groups is 1. The van der Waals surface area contributed by atoms with Crippen molar-refractivity contribution in [2.75, 3.05) is 25.9 Å². The second-order valence-electron chi connectivity index (χ2n) is 5.72. The number of hydrogen-bond donors (Lipinski definition) is 2. The molecular formula is C18H27FIN5S. The molecule has 26 heavy (non-hydrogen) atoms. The minimum Gasteiger partial charge on any atom is -0.356 e. The second-order valence-corrected chi connectivity index (χ2v) is 6.88. The zero-order valence-electron chi connectivity index (χ0n) is 15.2. The number of halogens is 2. The standard InChI is InChI=1S/C18H26FN5S.HI/c1-15-13-23-24(14-15)11-3-9-21-18(20-2)22-10-4-12-25-17-7-5-16(19)6-8-17;/h5-8,13-14H,3-4,9-12H2,1-2H3,(H2,20,21,22);1H. The molecule has 0 amide bonds. The first-order chi connectivity index (χ1) is 12.2.